The molecule has 0 atom stereocenters. The smallest absolute Gasteiger partial charge is 0.387 e. The summed E-state index contributed by atoms with van der Waals surface area (Å²) >= 11 is 5.90. The zero-order chi connectivity index (χ0) is 20.0. The molecule has 0 fully saturated rings. The molecule has 11 heteroatoms. The first kappa shape index (κ1) is 22.4. The highest BCUT2D eigenvalue weighted by atomic mass is 35.5. The minimum Gasteiger partial charge on any atom is -0.434 e. The van der Waals surface area contributed by atoms with Gasteiger partial charge in [-0.2, -0.15) is 8.78 Å². The van der Waals surface area contributed by atoms with Gasteiger partial charge >= 0.3 is 6.61 Å². The Hall–Kier alpha value is -1.65. The molecule has 1 aromatic carbocycles. The van der Waals surface area contributed by atoms with E-state index in [4.69, 9.17) is 11.6 Å². The van der Waals surface area contributed by atoms with E-state index in [2.05, 4.69) is 25.1 Å². The molecule has 0 heterocycles. The van der Waals surface area contributed by atoms with Gasteiger partial charge in [0.05, 0.1) is 6.26 Å². The second kappa shape index (κ2) is 9.33. The molecule has 0 bridgehead atoms. The van der Waals surface area contributed by atoms with Gasteiger partial charge in [-0.3, -0.25) is 4.99 Å². The molecule has 0 radical (unpaired) electrons. The van der Waals surface area contributed by atoms with Crippen LogP contribution >= 0.6 is 11.6 Å². The highest BCUT2D eigenvalue weighted by Crippen LogP contribution is 2.24. The van der Waals surface area contributed by atoms with Gasteiger partial charge in [-0.25, -0.2) is 13.1 Å². The topological polar surface area (TPSA) is 91.8 Å². The summed E-state index contributed by atoms with van der Waals surface area (Å²) in [5.41, 5.74) is -0.333. The fourth-order valence-electron chi connectivity index (χ4n) is 2.14. The van der Waals surface area contributed by atoms with Crippen LogP contribution in [0.1, 0.15) is 19.4 Å². The van der Waals surface area contributed by atoms with Gasteiger partial charge in [0.2, 0.25) is 10.0 Å². The van der Waals surface area contributed by atoms with Crippen LogP contribution in [0.3, 0.4) is 0 Å². The van der Waals surface area contributed by atoms with Gasteiger partial charge in [0.15, 0.2) is 5.96 Å². The fraction of sp³-hybridized carbons (Fsp3) is 0.533. The normalized spacial score (nSPS) is 13.0. The number of nitrogens with zero attached hydrogens (tertiary/aromatic N) is 1. The Balaban J connectivity index is 2.72. The number of ether oxygens (including phenoxy) is 1. The van der Waals surface area contributed by atoms with E-state index < -0.39 is 22.2 Å². The number of aliphatic imine (C=N–C) groups is 1. The van der Waals surface area contributed by atoms with Crippen molar-refractivity contribution in [2.24, 2.45) is 4.99 Å². The van der Waals surface area contributed by atoms with Gasteiger partial charge in [-0.05, 0) is 32.0 Å². The lowest BCUT2D eigenvalue weighted by atomic mass is 10.1. The van der Waals surface area contributed by atoms with Gasteiger partial charge < -0.3 is 15.4 Å². The highest BCUT2D eigenvalue weighted by Gasteiger charge is 2.22. The number of hydrogen-bond acceptors (Lipinski definition) is 4. The van der Waals surface area contributed by atoms with E-state index in [1.165, 1.54) is 25.2 Å². The van der Waals surface area contributed by atoms with Crippen LogP contribution in [0, 0.1) is 0 Å². The van der Waals surface area contributed by atoms with Crippen molar-refractivity contribution in [1.29, 1.82) is 0 Å². The third kappa shape index (κ3) is 8.63. The maximum absolute atomic E-state index is 12.5. The lowest BCUT2D eigenvalue weighted by Gasteiger charge is -2.26. The number of nitrogens with one attached hydrogen (secondary N) is 3. The lowest BCUT2D eigenvalue weighted by molar-refractivity contribution is -0.0504. The Morgan fingerprint density at radius 2 is 2.00 bits per heavy atom. The van der Waals surface area contributed by atoms with Crippen molar-refractivity contribution in [3.63, 3.8) is 0 Å². The van der Waals surface area contributed by atoms with Crippen LogP contribution in [-0.4, -0.2) is 46.4 Å². The first-order valence-corrected chi connectivity index (χ1v) is 9.85. The number of hydrogen-bond donors (Lipinski definition) is 3. The number of rotatable bonds is 8. The fourth-order valence-corrected chi connectivity index (χ4v) is 3.41. The van der Waals surface area contributed by atoms with Crippen molar-refractivity contribution in [3.8, 4) is 5.75 Å². The molecule has 1 aromatic rings. The van der Waals surface area contributed by atoms with Gasteiger partial charge in [0.1, 0.15) is 5.75 Å². The Labute approximate surface area is 157 Å². The van der Waals surface area contributed by atoms with Crippen LogP contribution in [0.5, 0.6) is 5.75 Å². The van der Waals surface area contributed by atoms with Crippen LogP contribution in [0.2, 0.25) is 5.02 Å². The standard InChI is InChI=1S/C15H23ClF2N4O3S/c1-15(2,22-26(4,23)24)9-21-14(19-3)20-8-10-7-11(16)5-6-12(10)25-13(17)18/h5-7,13,22H,8-9H2,1-4H3,(H2,19,20,21). The quantitative estimate of drug-likeness (QED) is 0.448. The van der Waals surface area contributed by atoms with Gasteiger partial charge in [0.25, 0.3) is 0 Å². The minimum atomic E-state index is -3.37. The Kier molecular flexibility index (Phi) is 8.04. The van der Waals surface area contributed by atoms with E-state index in [0.29, 0.717) is 16.5 Å². The van der Waals surface area contributed by atoms with Crippen molar-refractivity contribution < 1.29 is 21.9 Å². The highest BCUT2D eigenvalue weighted by molar-refractivity contribution is 7.88. The molecule has 0 amide bonds. The Bertz CT molecular complexity index is 742. The van der Waals surface area contributed by atoms with Crippen molar-refractivity contribution in [3.05, 3.63) is 28.8 Å². The number of halogens is 3. The molecule has 0 aliphatic heterocycles. The SMILES string of the molecule is CN=C(NCc1cc(Cl)ccc1OC(F)F)NCC(C)(C)NS(C)(=O)=O. The predicted octanol–water partition coefficient (Wildman–Crippen LogP) is 1.93. The van der Waals surface area contributed by atoms with Crippen LogP contribution in [0.25, 0.3) is 0 Å². The Morgan fingerprint density at radius 1 is 1.35 bits per heavy atom. The summed E-state index contributed by atoms with van der Waals surface area (Å²) in [5, 5.41) is 6.29. The number of alkyl halides is 2. The average Bonchev–Trinajstić information content (AvgIpc) is 2.47. The summed E-state index contributed by atoms with van der Waals surface area (Å²) in [7, 11) is -1.84. The molecule has 0 unspecified atom stereocenters. The molecule has 1 rings (SSSR count). The predicted molar refractivity (Wildman–Crippen MR) is 98.3 cm³/mol. The molecule has 0 spiro atoms. The van der Waals surface area contributed by atoms with E-state index in [-0.39, 0.29) is 18.8 Å². The molecule has 0 aliphatic rings. The zero-order valence-corrected chi connectivity index (χ0v) is 16.5. The van der Waals surface area contributed by atoms with Crippen molar-refractivity contribution in [1.82, 2.24) is 15.4 Å². The molecule has 0 aromatic heterocycles. The maximum Gasteiger partial charge on any atom is 0.387 e. The summed E-state index contributed by atoms with van der Waals surface area (Å²) < 4.78 is 54.6. The van der Waals surface area contributed by atoms with Crippen LogP contribution in [-0.2, 0) is 16.6 Å². The van der Waals surface area contributed by atoms with E-state index in [1.54, 1.807) is 13.8 Å². The zero-order valence-electron chi connectivity index (χ0n) is 14.9. The average molecular weight is 413 g/mol. The van der Waals surface area contributed by atoms with Gasteiger partial charge in [-0.15, -0.1) is 0 Å². The summed E-state index contributed by atoms with van der Waals surface area (Å²) in [6.45, 7) is 0.840. The summed E-state index contributed by atoms with van der Waals surface area (Å²) in [6.07, 6.45) is 1.07. The van der Waals surface area contributed by atoms with Crippen LogP contribution in [0.15, 0.2) is 23.2 Å². The largest absolute Gasteiger partial charge is 0.434 e. The van der Waals surface area contributed by atoms with Crippen LogP contribution < -0.4 is 20.1 Å². The molecule has 3 N–H and O–H groups in total. The second-order valence-electron chi connectivity index (χ2n) is 6.17. The molecule has 148 valence electrons. The molecule has 0 saturated heterocycles. The Morgan fingerprint density at radius 3 is 2.54 bits per heavy atom. The molecule has 0 saturated carbocycles. The monoisotopic (exact) mass is 412 g/mol. The molecular formula is C15H23ClF2N4O3S. The van der Waals surface area contributed by atoms with E-state index in [1.807, 2.05) is 0 Å². The maximum atomic E-state index is 12.5. The molecule has 26 heavy (non-hydrogen) atoms. The minimum absolute atomic E-state index is 0.00595. The third-order valence-corrected chi connectivity index (χ3v) is 4.23. The summed E-state index contributed by atoms with van der Waals surface area (Å²) in [6, 6.07) is 4.32. The number of guanidine groups is 1. The van der Waals surface area contributed by atoms with E-state index in [0.717, 1.165) is 6.26 Å². The number of sulfonamides is 1. The van der Waals surface area contributed by atoms with E-state index in [9.17, 15) is 17.2 Å². The summed E-state index contributed by atoms with van der Waals surface area (Å²) in [5.74, 6) is 0.364. The third-order valence-electron chi connectivity index (χ3n) is 3.07. The van der Waals surface area contributed by atoms with Crippen molar-refractivity contribution in [2.45, 2.75) is 32.5 Å². The van der Waals surface area contributed by atoms with Crippen molar-refractivity contribution >= 4 is 27.6 Å². The number of benzene rings is 1. The summed E-state index contributed by atoms with van der Waals surface area (Å²) in [4.78, 5) is 4.01. The second-order valence-corrected chi connectivity index (χ2v) is 8.35. The van der Waals surface area contributed by atoms with Crippen molar-refractivity contribution in [2.75, 3.05) is 19.8 Å². The molecular weight excluding hydrogens is 390 g/mol. The van der Waals surface area contributed by atoms with E-state index >= 15 is 0 Å². The first-order valence-electron chi connectivity index (χ1n) is 7.58. The molecule has 0 aliphatic carbocycles. The van der Waals surface area contributed by atoms with Gasteiger partial charge in [-0.1, -0.05) is 11.6 Å². The first-order chi connectivity index (χ1) is 11.9. The van der Waals surface area contributed by atoms with Gasteiger partial charge in [0, 0.05) is 36.3 Å². The van der Waals surface area contributed by atoms with Crippen LogP contribution in [0.4, 0.5) is 8.78 Å². The lowest BCUT2D eigenvalue weighted by Crippen LogP contribution is -2.52. The molecule has 7 nitrogen and oxygen atoms in total.